The molecule has 0 aliphatic heterocycles. The SMILES string of the molecule is C(CNCc1ccccc1)=C(c1ccsc1)c1ccsc1. The second kappa shape index (κ2) is 7.36. The highest BCUT2D eigenvalue weighted by molar-refractivity contribution is 7.08. The van der Waals surface area contributed by atoms with Crippen molar-refractivity contribution in [2.45, 2.75) is 6.54 Å². The van der Waals surface area contributed by atoms with Crippen molar-refractivity contribution in [2.75, 3.05) is 6.54 Å². The Morgan fingerprint density at radius 3 is 2.14 bits per heavy atom. The third-order valence-electron chi connectivity index (χ3n) is 3.29. The van der Waals surface area contributed by atoms with E-state index in [4.69, 9.17) is 0 Å². The summed E-state index contributed by atoms with van der Waals surface area (Å²) in [5.41, 5.74) is 5.25. The Kier molecular flexibility index (Phi) is 5.00. The Hall–Kier alpha value is -1.68. The molecule has 3 heteroatoms. The Morgan fingerprint density at radius 2 is 1.57 bits per heavy atom. The minimum atomic E-state index is 0.871. The van der Waals surface area contributed by atoms with Gasteiger partial charge in [-0.15, -0.1) is 0 Å². The highest BCUT2D eigenvalue weighted by Crippen LogP contribution is 2.26. The van der Waals surface area contributed by atoms with Crippen LogP contribution in [0, 0.1) is 0 Å². The molecule has 2 heterocycles. The van der Waals surface area contributed by atoms with Gasteiger partial charge < -0.3 is 5.32 Å². The van der Waals surface area contributed by atoms with E-state index in [1.54, 1.807) is 22.7 Å². The summed E-state index contributed by atoms with van der Waals surface area (Å²) in [6.45, 7) is 1.77. The molecule has 0 fully saturated rings. The summed E-state index contributed by atoms with van der Waals surface area (Å²) in [6.07, 6.45) is 2.28. The Balaban J connectivity index is 1.67. The number of benzene rings is 1. The fraction of sp³-hybridized carbons (Fsp3) is 0.111. The lowest BCUT2D eigenvalue weighted by Crippen LogP contribution is -2.13. The van der Waals surface area contributed by atoms with Gasteiger partial charge in [0.25, 0.3) is 0 Å². The van der Waals surface area contributed by atoms with Crippen LogP contribution in [0.15, 0.2) is 70.1 Å². The Morgan fingerprint density at radius 1 is 0.905 bits per heavy atom. The Bertz CT molecular complexity index is 631. The zero-order valence-electron chi connectivity index (χ0n) is 11.7. The van der Waals surface area contributed by atoms with Gasteiger partial charge in [-0.1, -0.05) is 36.4 Å². The second-order valence-electron chi connectivity index (χ2n) is 4.76. The van der Waals surface area contributed by atoms with Crippen LogP contribution in [0.3, 0.4) is 0 Å². The molecule has 0 amide bonds. The number of nitrogens with one attached hydrogen (secondary N) is 1. The number of hydrogen-bond donors (Lipinski definition) is 1. The first-order valence-electron chi connectivity index (χ1n) is 6.93. The summed E-state index contributed by atoms with van der Waals surface area (Å²) in [7, 11) is 0. The highest BCUT2D eigenvalue weighted by atomic mass is 32.1. The molecular weight excluding hydrogens is 294 g/mol. The largest absolute Gasteiger partial charge is 0.309 e. The maximum absolute atomic E-state index is 3.49. The lowest BCUT2D eigenvalue weighted by molar-refractivity contribution is 0.760. The van der Waals surface area contributed by atoms with Crippen LogP contribution < -0.4 is 5.32 Å². The van der Waals surface area contributed by atoms with Crippen LogP contribution in [0.5, 0.6) is 0 Å². The molecule has 0 saturated carbocycles. The monoisotopic (exact) mass is 311 g/mol. The zero-order valence-corrected chi connectivity index (χ0v) is 13.3. The average molecular weight is 311 g/mol. The maximum Gasteiger partial charge on any atom is 0.0208 e. The van der Waals surface area contributed by atoms with E-state index >= 15 is 0 Å². The summed E-state index contributed by atoms with van der Waals surface area (Å²) in [6, 6.07) is 14.9. The first-order chi connectivity index (χ1) is 10.4. The summed E-state index contributed by atoms with van der Waals surface area (Å²) < 4.78 is 0. The molecule has 0 aliphatic carbocycles. The zero-order chi connectivity index (χ0) is 14.3. The summed E-state index contributed by atoms with van der Waals surface area (Å²) in [5.74, 6) is 0. The van der Waals surface area contributed by atoms with Gasteiger partial charge in [-0.2, -0.15) is 22.7 Å². The van der Waals surface area contributed by atoms with E-state index in [1.165, 1.54) is 22.3 Å². The molecule has 3 aromatic rings. The minimum Gasteiger partial charge on any atom is -0.309 e. The van der Waals surface area contributed by atoms with Crippen molar-refractivity contribution in [3.8, 4) is 0 Å². The molecule has 0 aliphatic rings. The van der Waals surface area contributed by atoms with Crippen LogP contribution >= 0.6 is 22.7 Å². The van der Waals surface area contributed by atoms with E-state index in [9.17, 15) is 0 Å². The van der Waals surface area contributed by atoms with Gasteiger partial charge in [-0.25, -0.2) is 0 Å². The number of hydrogen-bond acceptors (Lipinski definition) is 3. The summed E-state index contributed by atoms with van der Waals surface area (Å²) in [5, 5.41) is 12.2. The van der Waals surface area contributed by atoms with E-state index in [0.717, 1.165) is 13.1 Å². The van der Waals surface area contributed by atoms with Gasteiger partial charge in [-0.05, 0) is 55.9 Å². The van der Waals surface area contributed by atoms with E-state index in [1.807, 2.05) is 0 Å². The van der Waals surface area contributed by atoms with Gasteiger partial charge >= 0.3 is 0 Å². The third kappa shape index (κ3) is 3.91. The molecule has 0 spiro atoms. The van der Waals surface area contributed by atoms with Crippen LogP contribution in [0.1, 0.15) is 16.7 Å². The first-order valence-corrected chi connectivity index (χ1v) is 8.82. The fourth-order valence-electron chi connectivity index (χ4n) is 2.22. The average Bonchev–Trinajstić information content (AvgIpc) is 3.22. The van der Waals surface area contributed by atoms with Crippen molar-refractivity contribution in [1.82, 2.24) is 5.32 Å². The molecule has 3 rings (SSSR count). The van der Waals surface area contributed by atoms with E-state index in [-0.39, 0.29) is 0 Å². The van der Waals surface area contributed by atoms with Crippen molar-refractivity contribution in [3.63, 3.8) is 0 Å². The van der Waals surface area contributed by atoms with Gasteiger partial charge in [0, 0.05) is 13.1 Å². The first kappa shape index (κ1) is 14.3. The third-order valence-corrected chi connectivity index (χ3v) is 4.65. The molecule has 106 valence electrons. The van der Waals surface area contributed by atoms with E-state index in [0.29, 0.717) is 0 Å². The second-order valence-corrected chi connectivity index (χ2v) is 6.32. The highest BCUT2D eigenvalue weighted by Gasteiger charge is 2.05. The summed E-state index contributed by atoms with van der Waals surface area (Å²) >= 11 is 3.49. The molecule has 21 heavy (non-hydrogen) atoms. The van der Waals surface area contributed by atoms with Gasteiger partial charge in [0.05, 0.1) is 0 Å². The lowest BCUT2D eigenvalue weighted by atomic mass is 10.0. The minimum absolute atomic E-state index is 0.871. The fourth-order valence-corrected chi connectivity index (χ4v) is 3.54. The lowest BCUT2D eigenvalue weighted by Gasteiger charge is -2.06. The molecule has 0 bridgehead atoms. The summed E-state index contributed by atoms with van der Waals surface area (Å²) in [4.78, 5) is 0. The molecular formula is C18H17NS2. The predicted octanol–water partition coefficient (Wildman–Crippen LogP) is 5.03. The normalized spacial score (nSPS) is 10.5. The van der Waals surface area contributed by atoms with Crippen molar-refractivity contribution < 1.29 is 0 Å². The van der Waals surface area contributed by atoms with Crippen molar-refractivity contribution in [3.05, 3.63) is 86.8 Å². The van der Waals surface area contributed by atoms with Crippen LogP contribution in [0.2, 0.25) is 0 Å². The van der Waals surface area contributed by atoms with Crippen LogP contribution in [-0.2, 0) is 6.54 Å². The molecule has 0 unspecified atom stereocenters. The maximum atomic E-state index is 3.49. The molecule has 1 nitrogen and oxygen atoms in total. The van der Waals surface area contributed by atoms with Crippen LogP contribution in [0.25, 0.3) is 5.57 Å². The van der Waals surface area contributed by atoms with Gasteiger partial charge in [0.2, 0.25) is 0 Å². The van der Waals surface area contributed by atoms with Crippen LogP contribution in [0.4, 0.5) is 0 Å². The van der Waals surface area contributed by atoms with Crippen molar-refractivity contribution >= 4 is 28.2 Å². The number of rotatable bonds is 6. The predicted molar refractivity (Wildman–Crippen MR) is 93.9 cm³/mol. The topological polar surface area (TPSA) is 12.0 Å². The van der Waals surface area contributed by atoms with Gasteiger partial charge in [0.1, 0.15) is 0 Å². The molecule has 0 saturated heterocycles. The molecule has 2 aromatic heterocycles. The smallest absolute Gasteiger partial charge is 0.0208 e. The standard InChI is InChI=1S/C18H17NS2/c1-2-4-15(5-3-1)12-19-9-6-18(16-7-10-20-13-16)17-8-11-21-14-17/h1-8,10-11,13-14,19H,9,12H2. The quantitative estimate of drug-likeness (QED) is 0.629. The number of thiophene rings is 2. The van der Waals surface area contributed by atoms with Gasteiger partial charge in [-0.3, -0.25) is 0 Å². The molecule has 0 atom stereocenters. The Labute approximate surface area is 133 Å². The van der Waals surface area contributed by atoms with Crippen molar-refractivity contribution in [1.29, 1.82) is 0 Å². The van der Waals surface area contributed by atoms with Gasteiger partial charge in [0.15, 0.2) is 0 Å². The van der Waals surface area contributed by atoms with E-state index < -0.39 is 0 Å². The molecule has 0 radical (unpaired) electrons. The van der Waals surface area contributed by atoms with Crippen LogP contribution in [-0.4, -0.2) is 6.54 Å². The molecule has 1 aromatic carbocycles. The molecule has 1 N–H and O–H groups in total. The van der Waals surface area contributed by atoms with Crippen molar-refractivity contribution in [2.24, 2.45) is 0 Å². The van der Waals surface area contributed by atoms with E-state index in [2.05, 4.69) is 75.4 Å².